The fourth-order valence-electron chi connectivity index (χ4n) is 1.32. The zero-order chi connectivity index (χ0) is 12.5. The van der Waals surface area contributed by atoms with Crippen molar-refractivity contribution in [2.75, 3.05) is 0 Å². The molecule has 6 heteroatoms. The molecule has 16 heavy (non-hydrogen) atoms. The van der Waals surface area contributed by atoms with Crippen molar-refractivity contribution in [3.05, 3.63) is 32.6 Å². The summed E-state index contributed by atoms with van der Waals surface area (Å²) in [7, 11) is 1.27. The van der Waals surface area contributed by atoms with Gasteiger partial charge in [0, 0.05) is 13.2 Å². The van der Waals surface area contributed by atoms with Crippen LogP contribution in [0.2, 0.25) is 0 Å². The standard InChI is InChI=1S/C10H12N2O4/c1-6(13)4-12-5-8(7(2)14)9(15)11(3)10(12)16/h5H,4H2,1-3H3. The molecule has 0 amide bonds. The second kappa shape index (κ2) is 4.26. The Hall–Kier alpha value is -1.98. The quantitative estimate of drug-likeness (QED) is 0.638. The molecule has 0 unspecified atom stereocenters. The van der Waals surface area contributed by atoms with Crippen LogP contribution >= 0.6 is 0 Å². The molecule has 0 spiro atoms. The Bertz CT molecular complexity index is 565. The first kappa shape index (κ1) is 12.1. The zero-order valence-electron chi connectivity index (χ0n) is 9.31. The van der Waals surface area contributed by atoms with Gasteiger partial charge in [-0.25, -0.2) is 4.79 Å². The third-order valence-electron chi connectivity index (χ3n) is 2.12. The lowest BCUT2D eigenvalue weighted by atomic mass is 10.2. The lowest BCUT2D eigenvalue weighted by Gasteiger charge is -2.07. The van der Waals surface area contributed by atoms with Crippen molar-refractivity contribution in [3.63, 3.8) is 0 Å². The molecule has 0 atom stereocenters. The van der Waals surface area contributed by atoms with E-state index in [0.29, 0.717) is 0 Å². The van der Waals surface area contributed by atoms with Crippen LogP contribution in [-0.2, 0) is 18.4 Å². The van der Waals surface area contributed by atoms with Crippen molar-refractivity contribution in [2.45, 2.75) is 20.4 Å². The van der Waals surface area contributed by atoms with Crippen LogP contribution in [-0.4, -0.2) is 20.7 Å². The average Bonchev–Trinajstić information content (AvgIpc) is 2.18. The Kier molecular flexibility index (Phi) is 3.22. The first-order chi connectivity index (χ1) is 7.34. The van der Waals surface area contributed by atoms with E-state index in [2.05, 4.69) is 0 Å². The van der Waals surface area contributed by atoms with Crippen LogP contribution < -0.4 is 11.2 Å². The van der Waals surface area contributed by atoms with E-state index < -0.39 is 17.0 Å². The van der Waals surface area contributed by atoms with Crippen LogP contribution in [0, 0.1) is 0 Å². The third-order valence-corrected chi connectivity index (χ3v) is 2.12. The van der Waals surface area contributed by atoms with E-state index in [0.717, 1.165) is 15.3 Å². The van der Waals surface area contributed by atoms with Crippen LogP contribution in [0.15, 0.2) is 15.8 Å². The van der Waals surface area contributed by atoms with Crippen molar-refractivity contribution in [1.29, 1.82) is 0 Å². The van der Waals surface area contributed by atoms with Crippen LogP contribution in [0.5, 0.6) is 0 Å². The number of Topliss-reactive ketones (excluding diaryl/α,β-unsaturated/α-hetero) is 2. The molecule has 0 aliphatic heterocycles. The van der Waals surface area contributed by atoms with Crippen LogP contribution in [0.25, 0.3) is 0 Å². The molecule has 1 rings (SSSR count). The summed E-state index contributed by atoms with van der Waals surface area (Å²) in [6, 6.07) is 0. The molecule has 0 aliphatic rings. The second-order valence-electron chi connectivity index (χ2n) is 3.58. The summed E-state index contributed by atoms with van der Waals surface area (Å²) in [6.45, 7) is 2.41. The van der Waals surface area contributed by atoms with Crippen LogP contribution in [0.3, 0.4) is 0 Å². The highest BCUT2D eigenvalue weighted by Gasteiger charge is 2.12. The Morgan fingerprint density at radius 1 is 1.25 bits per heavy atom. The van der Waals surface area contributed by atoms with Crippen molar-refractivity contribution < 1.29 is 9.59 Å². The molecular weight excluding hydrogens is 212 g/mol. The fourth-order valence-corrected chi connectivity index (χ4v) is 1.32. The lowest BCUT2D eigenvalue weighted by Crippen LogP contribution is -2.41. The number of aromatic nitrogens is 2. The van der Waals surface area contributed by atoms with Gasteiger partial charge in [0.1, 0.15) is 5.78 Å². The van der Waals surface area contributed by atoms with Crippen molar-refractivity contribution in [3.8, 4) is 0 Å². The lowest BCUT2D eigenvalue weighted by molar-refractivity contribution is -0.117. The largest absolute Gasteiger partial charge is 0.331 e. The van der Waals surface area contributed by atoms with Crippen molar-refractivity contribution in [1.82, 2.24) is 9.13 Å². The molecule has 0 saturated heterocycles. The molecule has 0 N–H and O–H groups in total. The minimum Gasteiger partial charge on any atom is -0.298 e. The summed E-state index contributed by atoms with van der Waals surface area (Å²) < 4.78 is 1.88. The van der Waals surface area contributed by atoms with E-state index in [1.54, 1.807) is 0 Å². The normalized spacial score (nSPS) is 10.2. The van der Waals surface area contributed by atoms with Gasteiger partial charge < -0.3 is 0 Å². The number of carbonyl (C=O) groups is 2. The molecule has 0 aliphatic carbocycles. The van der Waals surface area contributed by atoms with Crippen molar-refractivity contribution >= 4 is 11.6 Å². The summed E-state index contributed by atoms with van der Waals surface area (Å²) >= 11 is 0. The molecule has 1 aromatic rings. The van der Waals surface area contributed by atoms with Gasteiger partial charge in [0.15, 0.2) is 5.78 Å². The maximum atomic E-state index is 11.6. The maximum Gasteiger partial charge on any atom is 0.331 e. The van der Waals surface area contributed by atoms with Crippen LogP contribution in [0.1, 0.15) is 24.2 Å². The SMILES string of the molecule is CC(=O)Cn1cc(C(C)=O)c(=O)n(C)c1=O. The molecule has 0 radical (unpaired) electrons. The second-order valence-corrected chi connectivity index (χ2v) is 3.58. The van der Waals surface area contributed by atoms with Gasteiger partial charge in [0.05, 0.1) is 12.1 Å². The molecule has 6 nitrogen and oxygen atoms in total. The van der Waals surface area contributed by atoms with E-state index in [9.17, 15) is 19.2 Å². The molecule has 0 saturated carbocycles. The smallest absolute Gasteiger partial charge is 0.298 e. The number of hydrogen-bond donors (Lipinski definition) is 0. The van der Waals surface area contributed by atoms with Gasteiger partial charge in [-0.2, -0.15) is 0 Å². The molecule has 0 bridgehead atoms. The van der Waals surface area contributed by atoms with Gasteiger partial charge >= 0.3 is 5.69 Å². The van der Waals surface area contributed by atoms with E-state index in [-0.39, 0.29) is 17.9 Å². The molecule has 86 valence electrons. The van der Waals surface area contributed by atoms with E-state index >= 15 is 0 Å². The highest BCUT2D eigenvalue weighted by Crippen LogP contribution is 1.91. The van der Waals surface area contributed by atoms with Gasteiger partial charge in [0.2, 0.25) is 0 Å². The molecule has 1 aromatic heterocycles. The topological polar surface area (TPSA) is 78.1 Å². The Balaban J connectivity index is 3.54. The van der Waals surface area contributed by atoms with E-state index in [1.807, 2.05) is 0 Å². The molecule has 0 aromatic carbocycles. The summed E-state index contributed by atoms with van der Waals surface area (Å²) in [6.07, 6.45) is 1.13. The Morgan fingerprint density at radius 2 is 1.81 bits per heavy atom. The highest BCUT2D eigenvalue weighted by molar-refractivity contribution is 5.93. The number of nitrogens with zero attached hydrogens (tertiary/aromatic N) is 2. The minimum absolute atomic E-state index is 0.0941. The molecule has 0 fully saturated rings. The van der Waals surface area contributed by atoms with Gasteiger partial charge in [-0.1, -0.05) is 0 Å². The van der Waals surface area contributed by atoms with Gasteiger partial charge in [0.25, 0.3) is 5.56 Å². The molecule has 1 heterocycles. The minimum atomic E-state index is -0.641. The Morgan fingerprint density at radius 3 is 2.25 bits per heavy atom. The van der Waals surface area contributed by atoms with E-state index in [1.165, 1.54) is 20.9 Å². The number of hydrogen-bond acceptors (Lipinski definition) is 4. The monoisotopic (exact) mass is 224 g/mol. The summed E-state index contributed by atoms with van der Waals surface area (Å²) in [5.74, 6) is -0.659. The first-order valence-corrected chi connectivity index (χ1v) is 4.65. The number of carbonyl (C=O) groups excluding carboxylic acids is 2. The summed E-state index contributed by atoms with van der Waals surface area (Å²) in [5.41, 5.74) is -1.34. The highest BCUT2D eigenvalue weighted by atomic mass is 16.2. The third kappa shape index (κ3) is 2.16. The van der Waals surface area contributed by atoms with E-state index in [4.69, 9.17) is 0 Å². The number of rotatable bonds is 3. The fraction of sp³-hybridized carbons (Fsp3) is 0.400. The number of ketones is 2. The van der Waals surface area contributed by atoms with Crippen molar-refractivity contribution in [2.24, 2.45) is 7.05 Å². The average molecular weight is 224 g/mol. The van der Waals surface area contributed by atoms with Crippen LogP contribution in [0.4, 0.5) is 0 Å². The zero-order valence-corrected chi connectivity index (χ0v) is 9.31. The Labute approximate surface area is 91.1 Å². The van der Waals surface area contributed by atoms with Gasteiger partial charge in [-0.15, -0.1) is 0 Å². The summed E-state index contributed by atoms with van der Waals surface area (Å²) in [4.78, 5) is 45.1. The molecular formula is C10H12N2O4. The van der Waals surface area contributed by atoms with Gasteiger partial charge in [-0.05, 0) is 13.8 Å². The summed E-state index contributed by atoms with van der Waals surface area (Å²) in [5, 5.41) is 0. The maximum absolute atomic E-state index is 11.6. The van der Waals surface area contributed by atoms with Gasteiger partial charge in [-0.3, -0.25) is 23.5 Å². The predicted molar refractivity (Wildman–Crippen MR) is 56.6 cm³/mol. The first-order valence-electron chi connectivity index (χ1n) is 4.65. The predicted octanol–water partition coefficient (Wildman–Crippen LogP) is -0.661.